The van der Waals surface area contributed by atoms with Crippen LogP contribution in [0, 0.1) is 12.3 Å². The second kappa shape index (κ2) is 5.71. The maximum atomic E-state index is 10.8. The molecule has 0 aromatic heterocycles. The molecule has 0 unspecified atom stereocenters. The van der Waals surface area contributed by atoms with E-state index in [-0.39, 0.29) is 6.61 Å². The van der Waals surface area contributed by atoms with Crippen molar-refractivity contribution in [1.82, 2.24) is 0 Å². The Balaban J connectivity index is 3.03. The minimum absolute atomic E-state index is 0.116. The zero-order valence-corrected chi connectivity index (χ0v) is 8.53. The smallest absolute Gasteiger partial charge is 0.173 e. The molecule has 0 fully saturated rings. The van der Waals surface area contributed by atoms with Gasteiger partial charge in [-0.1, -0.05) is 12.0 Å². The van der Waals surface area contributed by atoms with Crippen molar-refractivity contribution in [3.05, 3.63) is 23.8 Å². The van der Waals surface area contributed by atoms with Crippen molar-refractivity contribution in [2.75, 3.05) is 13.2 Å². The zero-order valence-electron chi connectivity index (χ0n) is 8.53. The lowest BCUT2D eigenvalue weighted by molar-refractivity contribution is 0.111. The summed E-state index contributed by atoms with van der Waals surface area (Å²) in [7, 11) is 0. The number of terminal acetylenes is 1. The van der Waals surface area contributed by atoms with E-state index < -0.39 is 0 Å². The van der Waals surface area contributed by atoms with E-state index in [1.165, 1.54) is 0 Å². The number of benzene rings is 1. The monoisotopic (exact) mass is 204 g/mol. The van der Waals surface area contributed by atoms with Crippen molar-refractivity contribution in [3.8, 4) is 23.8 Å². The average Bonchev–Trinajstić information content (AvgIpc) is 2.27. The summed E-state index contributed by atoms with van der Waals surface area (Å²) in [5, 5.41) is 0. The molecule has 78 valence electrons. The molecule has 1 rings (SSSR count). The average molecular weight is 204 g/mol. The van der Waals surface area contributed by atoms with Crippen molar-refractivity contribution >= 4 is 6.29 Å². The van der Waals surface area contributed by atoms with Crippen LogP contribution in [0.25, 0.3) is 0 Å². The minimum Gasteiger partial charge on any atom is -0.490 e. The van der Waals surface area contributed by atoms with Gasteiger partial charge in [0.1, 0.15) is 6.61 Å². The van der Waals surface area contributed by atoms with Crippen LogP contribution in [0.5, 0.6) is 11.5 Å². The summed E-state index contributed by atoms with van der Waals surface area (Å²) in [6.45, 7) is 2.48. The first-order valence-corrected chi connectivity index (χ1v) is 4.60. The molecule has 0 saturated heterocycles. The molecule has 0 saturated carbocycles. The Morgan fingerprint density at radius 2 is 2.27 bits per heavy atom. The number of ether oxygens (including phenoxy) is 2. The number of rotatable bonds is 5. The number of carbonyl (C=O) groups excluding carboxylic acids is 1. The van der Waals surface area contributed by atoms with Gasteiger partial charge in [0.05, 0.1) is 12.2 Å². The van der Waals surface area contributed by atoms with Crippen LogP contribution in [0.15, 0.2) is 18.2 Å². The lowest BCUT2D eigenvalue weighted by Gasteiger charge is -2.11. The second-order valence-electron chi connectivity index (χ2n) is 2.72. The van der Waals surface area contributed by atoms with E-state index in [0.29, 0.717) is 30.0 Å². The van der Waals surface area contributed by atoms with Gasteiger partial charge in [-0.25, -0.2) is 0 Å². The fourth-order valence-corrected chi connectivity index (χ4v) is 1.16. The van der Waals surface area contributed by atoms with Gasteiger partial charge in [0.15, 0.2) is 17.8 Å². The largest absolute Gasteiger partial charge is 0.490 e. The maximum Gasteiger partial charge on any atom is 0.173 e. The van der Waals surface area contributed by atoms with Crippen molar-refractivity contribution in [1.29, 1.82) is 0 Å². The normalized spacial score (nSPS) is 9.07. The molecule has 0 N–H and O–H groups in total. The van der Waals surface area contributed by atoms with Crippen LogP contribution >= 0.6 is 0 Å². The first-order chi connectivity index (χ1) is 7.33. The third-order valence-corrected chi connectivity index (χ3v) is 1.74. The van der Waals surface area contributed by atoms with Crippen LogP contribution in [0.3, 0.4) is 0 Å². The highest BCUT2D eigenvalue weighted by molar-refractivity contribution is 5.81. The molecule has 0 atom stereocenters. The lowest BCUT2D eigenvalue weighted by atomic mass is 10.2. The Hall–Kier alpha value is -1.95. The van der Waals surface area contributed by atoms with Crippen LogP contribution in [-0.2, 0) is 0 Å². The Bertz CT molecular complexity index is 377. The third-order valence-electron chi connectivity index (χ3n) is 1.74. The van der Waals surface area contributed by atoms with Crippen LogP contribution in [0.4, 0.5) is 0 Å². The van der Waals surface area contributed by atoms with Gasteiger partial charge in [-0.05, 0) is 19.1 Å². The minimum atomic E-state index is 0.116. The molecule has 0 spiro atoms. The van der Waals surface area contributed by atoms with Gasteiger partial charge < -0.3 is 9.47 Å². The number of aldehydes is 1. The Kier molecular flexibility index (Phi) is 4.24. The van der Waals surface area contributed by atoms with E-state index in [9.17, 15) is 4.79 Å². The Morgan fingerprint density at radius 1 is 1.47 bits per heavy atom. The molecule has 0 radical (unpaired) electrons. The van der Waals surface area contributed by atoms with Crippen LogP contribution in [0.1, 0.15) is 17.3 Å². The highest BCUT2D eigenvalue weighted by Gasteiger charge is 2.09. The summed E-state index contributed by atoms with van der Waals surface area (Å²) < 4.78 is 10.6. The topological polar surface area (TPSA) is 35.5 Å². The summed E-state index contributed by atoms with van der Waals surface area (Å²) in [5.41, 5.74) is 0.441. The number of hydrogen-bond donors (Lipinski definition) is 0. The fourth-order valence-electron chi connectivity index (χ4n) is 1.16. The Morgan fingerprint density at radius 3 is 2.87 bits per heavy atom. The Labute approximate surface area is 89.0 Å². The second-order valence-corrected chi connectivity index (χ2v) is 2.72. The molecule has 1 aromatic rings. The van der Waals surface area contributed by atoms with Crippen LogP contribution in [-0.4, -0.2) is 19.5 Å². The van der Waals surface area contributed by atoms with E-state index in [1.54, 1.807) is 18.2 Å². The first-order valence-electron chi connectivity index (χ1n) is 4.60. The summed E-state index contributed by atoms with van der Waals surface area (Å²) >= 11 is 0. The molecule has 0 aliphatic rings. The zero-order chi connectivity index (χ0) is 11.1. The maximum absolute atomic E-state index is 10.8. The molecular formula is C12H12O3. The predicted octanol–water partition coefficient (Wildman–Crippen LogP) is 1.91. The van der Waals surface area contributed by atoms with Crippen molar-refractivity contribution in [3.63, 3.8) is 0 Å². The van der Waals surface area contributed by atoms with Gasteiger partial charge >= 0.3 is 0 Å². The highest BCUT2D eigenvalue weighted by atomic mass is 16.5. The molecule has 0 aliphatic heterocycles. The van der Waals surface area contributed by atoms with Gasteiger partial charge in [-0.2, -0.15) is 0 Å². The third kappa shape index (κ3) is 2.75. The number of hydrogen-bond acceptors (Lipinski definition) is 3. The molecule has 1 aromatic carbocycles. The van der Waals surface area contributed by atoms with Gasteiger partial charge in [0.25, 0.3) is 0 Å². The van der Waals surface area contributed by atoms with Crippen molar-refractivity contribution in [2.24, 2.45) is 0 Å². The fraction of sp³-hybridized carbons (Fsp3) is 0.250. The van der Waals surface area contributed by atoms with Gasteiger partial charge in [-0.15, -0.1) is 6.42 Å². The van der Waals surface area contributed by atoms with E-state index in [2.05, 4.69) is 5.92 Å². The van der Waals surface area contributed by atoms with E-state index in [1.807, 2.05) is 6.92 Å². The summed E-state index contributed by atoms with van der Waals surface area (Å²) in [5.74, 6) is 3.29. The molecular weight excluding hydrogens is 192 g/mol. The molecule has 15 heavy (non-hydrogen) atoms. The SMILES string of the molecule is C#CCOc1c(C=O)cccc1OCC. The molecule has 3 heteroatoms. The molecule has 0 amide bonds. The molecule has 0 aliphatic carbocycles. The predicted molar refractivity (Wildman–Crippen MR) is 57.3 cm³/mol. The summed E-state index contributed by atoms with van der Waals surface area (Å²) in [4.78, 5) is 10.8. The molecule has 0 bridgehead atoms. The summed E-state index contributed by atoms with van der Waals surface area (Å²) in [6, 6.07) is 5.13. The van der Waals surface area contributed by atoms with Gasteiger partial charge in [0.2, 0.25) is 0 Å². The van der Waals surface area contributed by atoms with Crippen LogP contribution in [0.2, 0.25) is 0 Å². The molecule has 0 heterocycles. The van der Waals surface area contributed by atoms with E-state index in [0.717, 1.165) is 0 Å². The van der Waals surface area contributed by atoms with E-state index in [4.69, 9.17) is 15.9 Å². The van der Waals surface area contributed by atoms with E-state index >= 15 is 0 Å². The highest BCUT2D eigenvalue weighted by Crippen LogP contribution is 2.30. The summed E-state index contributed by atoms with van der Waals surface area (Å²) in [6.07, 6.45) is 5.80. The van der Waals surface area contributed by atoms with Gasteiger partial charge in [0, 0.05) is 0 Å². The number of para-hydroxylation sites is 1. The first kappa shape index (κ1) is 11.1. The van der Waals surface area contributed by atoms with Crippen molar-refractivity contribution in [2.45, 2.75) is 6.92 Å². The van der Waals surface area contributed by atoms with Crippen molar-refractivity contribution < 1.29 is 14.3 Å². The van der Waals surface area contributed by atoms with Crippen LogP contribution < -0.4 is 9.47 Å². The quantitative estimate of drug-likeness (QED) is 0.543. The standard InChI is InChI=1S/C12H12O3/c1-3-8-15-12-10(9-13)6-5-7-11(12)14-4-2/h1,5-7,9H,4,8H2,2H3. The van der Waals surface area contributed by atoms with Gasteiger partial charge in [-0.3, -0.25) is 4.79 Å². The number of carbonyl (C=O) groups is 1. The lowest BCUT2D eigenvalue weighted by Crippen LogP contribution is -2.01. The molecule has 3 nitrogen and oxygen atoms in total.